The summed E-state index contributed by atoms with van der Waals surface area (Å²) in [4.78, 5) is 9.52. The molecule has 84 valence electrons. The number of pyridine rings is 1. The molecule has 0 spiro atoms. The molecule has 0 unspecified atom stereocenters. The average Bonchev–Trinajstić information content (AvgIpc) is 2.61. The molecule has 0 bridgehead atoms. The number of nitrogens with zero attached hydrogens (tertiary/aromatic N) is 2. The van der Waals surface area contributed by atoms with Gasteiger partial charge in [0, 0.05) is 11.4 Å². The number of anilines is 1. The zero-order valence-corrected chi connectivity index (χ0v) is 9.94. The van der Waals surface area contributed by atoms with Gasteiger partial charge in [0.1, 0.15) is 11.5 Å². The van der Waals surface area contributed by atoms with Gasteiger partial charge in [-0.2, -0.15) is 0 Å². The molecule has 2 heterocycles. The second-order valence-corrected chi connectivity index (χ2v) is 4.52. The molecule has 0 amide bonds. The quantitative estimate of drug-likeness (QED) is 0.891. The maximum absolute atomic E-state index is 12.7. The van der Waals surface area contributed by atoms with Gasteiger partial charge in [0.25, 0.3) is 0 Å². The number of aryl methyl sites for hydroxylation is 1. The monoisotopic (exact) mass is 237 g/mol. The largest absolute Gasteiger partial charge is 0.362 e. The summed E-state index contributed by atoms with van der Waals surface area (Å²) in [5, 5.41) is 4.03. The molecular formula is C11H12FN3S. The molecule has 2 rings (SSSR count). The minimum atomic E-state index is -0.330. The Morgan fingerprint density at radius 2 is 2.25 bits per heavy atom. The number of hydrogen-bond donors (Lipinski definition) is 1. The highest BCUT2D eigenvalue weighted by molar-refractivity contribution is 7.15. The Labute approximate surface area is 97.4 Å². The van der Waals surface area contributed by atoms with Crippen LogP contribution in [0.1, 0.15) is 11.8 Å². The first kappa shape index (κ1) is 11.0. The smallest absolute Gasteiger partial charge is 0.183 e. The Morgan fingerprint density at radius 1 is 1.44 bits per heavy atom. The summed E-state index contributed by atoms with van der Waals surface area (Å²) in [5.41, 5.74) is 1.53. The van der Waals surface area contributed by atoms with Gasteiger partial charge < -0.3 is 5.32 Å². The van der Waals surface area contributed by atoms with Crippen molar-refractivity contribution in [2.24, 2.45) is 0 Å². The molecule has 0 saturated heterocycles. The van der Waals surface area contributed by atoms with Crippen LogP contribution in [0.3, 0.4) is 0 Å². The summed E-state index contributed by atoms with van der Waals surface area (Å²) in [7, 11) is 0. The van der Waals surface area contributed by atoms with Crippen LogP contribution >= 0.6 is 11.3 Å². The number of halogens is 1. The Bertz CT molecular complexity index is 478. The average molecular weight is 237 g/mol. The zero-order valence-electron chi connectivity index (χ0n) is 9.12. The maximum Gasteiger partial charge on any atom is 0.183 e. The van der Waals surface area contributed by atoms with Gasteiger partial charge in [-0.3, -0.25) is 4.98 Å². The first-order chi connectivity index (χ1) is 7.70. The van der Waals surface area contributed by atoms with Crippen molar-refractivity contribution in [1.29, 1.82) is 0 Å². The minimum absolute atomic E-state index is 0.330. The van der Waals surface area contributed by atoms with Crippen LogP contribution in [-0.2, 0) is 0 Å². The summed E-state index contributed by atoms with van der Waals surface area (Å²) in [6, 6.07) is 3.04. The van der Waals surface area contributed by atoms with Crippen LogP contribution < -0.4 is 5.32 Å². The van der Waals surface area contributed by atoms with Crippen LogP contribution in [0, 0.1) is 12.7 Å². The van der Waals surface area contributed by atoms with Crippen molar-refractivity contribution >= 4 is 16.5 Å². The molecule has 0 aliphatic rings. The van der Waals surface area contributed by atoms with E-state index in [-0.39, 0.29) is 5.82 Å². The van der Waals surface area contributed by atoms with Crippen molar-refractivity contribution in [3.63, 3.8) is 0 Å². The molecule has 2 aromatic heterocycles. The van der Waals surface area contributed by atoms with E-state index in [1.165, 1.54) is 12.3 Å². The van der Waals surface area contributed by atoms with Crippen LogP contribution in [0.2, 0.25) is 0 Å². The highest BCUT2D eigenvalue weighted by Gasteiger charge is 2.10. The van der Waals surface area contributed by atoms with Crippen LogP contribution in [0.4, 0.5) is 9.52 Å². The first-order valence-electron chi connectivity index (χ1n) is 5.04. The van der Waals surface area contributed by atoms with Crippen molar-refractivity contribution in [2.45, 2.75) is 13.8 Å². The van der Waals surface area contributed by atoms with Crippen molar-refractivity contribution < 1.29 is 4.39 Å². The number of thiazole rings is 1. The predicted octanol–water partition coefficient (Wildman–Crippen LogP) is 3.08. The molecule has 0 radical (unpaired) electrons. The van der Waals surface area contributed by atoms with E-state index in [0.29, 0.717) is 5.69 Å². The number of hydrogen-bond acceptors (Lipinski definition) is 4. The third kappa shape index (κ3) is 2.19. The molecule has 0 fully saturated rings. The number of nitrogens with one attached hydrogen (secondary N) is 1. The predicted molar refractivity (Wildman–Crippen MR) is 64.2 cm³/mol. The van der Waals surface area contributed by atoms with E-state index in [9.17, 15) is 4.39 Å². The Morgan fingerprint density at radius 3 is 2.88 bits per heavy atom. The fraction of sp³-hybridized carbons (Fsp3) is 0.273. The maximum atomic E-state index is 12.7. The lowest BCUT2D eigenvalue weighted by Crippen LogP contribution is -1.95. The van der Waals surface area contributed by atoms with Crippen LogP contribution in [0.15, 0.2) is 18.3 Å². The van der Waals surface area contributed by atoms with E-state index in [1.54, 1.807) is 17.4 Å². The van der Waals surface area contributed by atoms with Crippen molar-refractivity contribution in [3.8, 4) is 11.4 Å². The fourth-order valence-corrected chi connectivity index (χ4v) is 2.27. The van der Waals surface area contributed by atoms with E-state index in [0.717, 1.165) is 22.2 Å². The summed E-state index contributed by atoms with van der Waals surface area (Å²) >= 11 is 1.58. The molecule has 16 heavy (non-hydrogen) atoms. The van der Waals surface area contributed by atoms with E-state index in [2.05, 4.69) is 15.3 Å². The number of rotatable bonds is 3. The van der Waals surface area contributed by atoms with Gasteiger partial charge in [-0.15, -0.1) is 11.3 Å². The second kappa shape index (κ2) is 4.57. The molecule has 1 N–H and O–H groups in total. The van der Waals surface area contributed by atoms with E-state index in [1.807, 2.05) is 13.8 Å². The Balaban J connectivity index is 2.36. The highest BCUT2D eigenvalue weighted by Crippen LogP contribution is 2.28. The standard InChI is InChI=1S/C11H12FN3S/c1-3-13-11-15-10(7(2)16-11)9-5-4-8(12)6-14-9/h4-6H,3H2,1-2H3,(H,13,15). The van der Waals surface area contributed by atoms with Crippen LogP contribution in [0.5, 0.6) is 0 Å². The van der Waals surface area contributed by atoms with Gasteiger partial charge >= 0.3 is 0 Å². The van der Waals surface area contributed by atoms with Crippen molar-refractivity contribution in [3.05, 3.63) is 29.0 Å². The molecule has 0 aliphatic carbocycles. The van der Waals surface area contributed by atoms with Gasteiger partial charge in [0.15, 0.2) is 5.13 Å². The van der Waals surface area contributed by atoms with Crippen LogP contribution in [-0.4, -0.2) is 16.5 Å². The lowest BCUT2D eigenvalue weighted by Gasteiger charge is -1.97. The Kier molecular flexibility index (Phi) is 3.14. The molecular weight excluding hydrogens is 225 g/mol. The Hall–Kier alpha value is -1.49. The number of aromatic nitrogens is 2. The summed E-state index contributed by atoms with van der Waals surface area (Å²) in [6.07, 6.45) is 1.21. The summed E-state index contributed by atoms with van der Waals surface area (Å²) in [6.45, 7) is 4.84. The SMILES string of the molecule is CCNc1nc(-c2ccc(F)cn2)c(C)s1. The van der Waals surface area contributed by atoms with Crippen LogP contribution in [0.25, 0.3) is 11.4 Å². The molecule has 2 aromatic rings. The third-order valence-electron chi connectivity index (χ3n) is 2.09. The first-order valence-corrected chi connectivity index (χ1v) is 5.85. The molecule has 0 atom stereocenters. The molecule has 5 heteroatoms. The van der Waals surface area contributed by atoms with E-state index in [4.69, 9.17) is 0 Å². The van der Waals surface area contributed by atoms with Gasteiger partial charge in [-0.05, 0) is 26.0 Å². The molecule has 3 nitrogen and oxygen atoms in total. The molecule has 0 aliphatic heterocycles. The fourth-order valence-electron chi connectivity index (χ4n) is 1.38. The summed E-state index contributed by atoms with van der Waals surface area (Å²) < 4.78 is 12.7. The van der Waals surface area contributed by atoms with Gasteiger partial charge in [0.05, 0.1) is 11.9 Å². The summed E-state index contributed by atoms with van der Waals surface area (Å²) in [5.74, 6) is -0.330. The lowest BCUT2D eigenvalue weighted by molar-refractivity contribution is 0.622. The van der Waals surface area contributed by atoms with E-state index < -0.39 is 0 Å². The second-order valence-electron chi connectivity index (χ2n) is 3.32. The lowest BCUT2D eigenvalue weighted by atomic mass is 10.2. The molecule has 0 saturated carbocycles. The zero-order chi connectivity index (χ0) is 11.5. The normalized spacial score (nSPS) is 10.4. The minimum Gasteiger partial charge on any atom is -0.362 e. The van der Waals surface area contributed by atoms with Gasteiger partial charge in [-0.25, -0.2) is 9.37 Å². The van der Waals surface area contributed by atoms with Gasteiger partial charge in [0.2, 0.25) is 0 Å². The third-order valence-corrected chi connectivity index (χ3v) is 3.02. The highest BCUT2D eigenvalue weighted by atomic mass is 32.1. The van der Waals surface area contributed by atoms with Crippen molar-refractivity contribution in [2.75, 3.05) is 11.9 Å². The topological polar surface area (TPSA) is 37.8 Å². The van der Waals surface area contributed by atoms with Gasteiger partial charge in [-0.1, -0.05) is 0 Å². The molecule has 0 aromatic carbocycles. The van der Waals surface area contributed by atoms with Crippen molar-refractivity contribution in [1.82, 2.24) is 9.97 Å². The van der Waals surface area contributed by atoms with E-state index >= 15 is 0 Å².